The van der Waals surface area contributed by atoms with Gasteiger partial charge in [0.25, 0.3) is 5.91 Å². The number of hydrogen-bond donors (Lipinski definition) is 2. The van der Waals surface area contributed by atoms with Gasteiger partial charge in [0.15, 0.2) is 0 Å². The third-order valence-electron chi connectivity index (χ3n) is 2.98. The molecule has 22 heavy (non-hydrogen) atoms. The zero-order chi connectivity index (χ0) is 16.1. The second kappa shape index (κ2) is 6.87. The lowest BCUT2D eigenvalue weighted by Gasteiger charge is -2.11. The molecule has 0 saturated carbocycles. The van der Waals surface area contributed by atoms with Crippen LogP contribution in [0.5, 0.6) is 5.75 Å². The van der Waals surface area contributed by atoms with Crippen LogP contribution in [0.3, 0.4) is 0 Å². The van der Waals surface area contributed by atoms with Crippen molar-refractivity contribution in [3.63, 3.8) is 0 Å². The second-order valence-electron chi connectivity index (χ2n) is 4.74. The van der Waals surface area contributed by atoms with Crippen LogP contribution in [0.15, 0.2) is 36.0 Å². The molecule has 2 N–H and O–H groups in total. The van der Waals surface area contributed by atoms with E-state index in [0.29, 0.717) is 5.56 Å². The van der Waals surface area contributed by atoms with Crippen LogP contribution < -0.4 is 5.32 Å². The average Bonchev–Trinajstić information content (AvgIpc) is 2.93. The number of amides is 1. The van der Waals surface area contributed by atoms with Crippen molar-refractivity contribution >= 4 is 23.3 Å². The van der Waals surface area contributed by atoms with Gasteiger partial charge in [-0.2, -0.15) is 5.26 Å². The number of rotatable bonds is 4. The van der Waals surface area contributed by atoms with E-state index in [-0.39, 0.29) is 17.4 Å². The normalized spacial score (nSPS) is 12.5. The number of nitriles is 1. The van der Waals surface area contributed by atoms with E-state index < -0.39 is 5.91 Å². The van der Waals surface area contributed by atoms with Gasteiger partial charge in [-0.25, -0.2) is 4.98 Å². The lowest BCUT2D eigenvalue weighted by molar-refractivity contribution is -0.117. The van der Waals surface area contributed by atoms with Crippen molar-refractivity contribution in [3.8, 4) is 11.8 Å². The van der Waals surface area contributed by atoms with Gasteiger partial charge in [0.1, 0.15) is 17.4 Å². The Bertz CT molecular complexity index is 741. The monoisotopic (exact) mass is 313 g/mol. The summed E-state index contributed by atoms with van der Waals surface area (Å²) in [6.07, 6.45) is 3.21. The van der Waals surface area contributed by atoms with Gasteiger partial charge in [0, 0.05) is 11.1 Å². The van der Waals surface area contributed by atoms with Crippen LogP contribution >= 0.6 is 11.3 Å². The molecule has 0 radical (unpaired) electrons. The molecule has 0 aliphatic heterocycles. The molecule has 0 spiro atoms. The lowest BCUT2D eigenvalue weighted by atomic mass is 10.1. The fourth-order valence-corrected chi connectivity index (χ4v) is 2.60. The Hall–Kier alpha value is -2.65. The summed E-state index contributed by atoms with van der Waals surface area (Å²) in [5.74, 6) is -0.302. The quantitative estimate of drug-likeness (QED) is 0.671. The maximum Gasteiger partial charge on any atom is 0.262 e. The zero-order valence-electron chi connectivity index (χ0n) is 12.2. The summed E-state index contributed by atoms with van der Waals surface area (Å²) in [5.41, 5.74) is 0.685. The van der Waals surface area contributed by atoms with Crippen molar-refractivity contribution in [2.75, 3.05) is 0 Å². The number of thiazole rings is 1. The molecule has 2 rings (SSSR count). The molecule has 0 aliphatic carbocycles. The molecule has 6 heteroatoms. The molecule has 0 aliphatic rings. The fraction of sp³-hybridized carbons (Fsp3) is 0.188. The van der Waals surface area contributed by atoms with Crippen LogP contribution in [0.4, 0.5) is 0 Å². The van der Waals surface area contributed by atoms with Gasteiger partial charge in [-0.3, -0.25) is 4.79 Å². The number of carbonyl (C=O) groups excluding carboxylic acids is 1. The summed E-state index contributed by atoms with van der Waals surface area (Å²) >= 11 is 1.51. The van der Waals surface area contributed by atoms with E-state index in [0.717, 1.165) is 9.88 Å². The van der Waals surface area contributed by atoms with Gasteiger partial charge in [-0.1, -0.05) is 12.1 Å². The molecule has 1 unspecified atom stereocenters. The Morgan fingerprint density at radius 2 is 2.14 bits per heavy atom. The van der Waals surface area contributed by atoms with Crippen LogP contribution in [-0.2, 0) is 4.79 Å². The Balaban J connectivity index is 2.12. The molecule has 1 aromatic heterocycles. The highest BCUT2D eigenvalue weighted by atomic mass is 32.1. The zero-order valence-corrected chi connectivity index (χ0v) is 13.0. The number of hydrogen-bond acceptors (Lipinski definition) is 5. The Morgan fingerprint density at radius 1 is 1.45 bits per heavy atom. The summed E-state index contributed by atoms with van der Waals surface area (Å²) in [5, 5.41) is 22.1. The van der Waals surface area contributed by atoms with Gasteiger partial charge < -0.3 is 10.4 Å². The number of carbonyl (C=O) groups is 1. The number of benzene rings is 1. The van der Waals surface area contributed by atoms with Gasteiger partial charge in [-0.05, 0) is 37.6 Å². The summed E-state index contributed by atoms with van der Waals surface area (Å²) in [7, 11) is 0. The number of phenols is 1. The first-order valence-corrected chi connectivity index (χ1v) is 7.45. The van der Waals surface area contributed by atoms with Crippen LogP contribution in [0.1, 0.15) is 28.4 Å². The molecule has 0 fully saturated rings. The molecule has 112 valence electrons. The Kier molecular flexibility index (Phi) is 4.92. The number of nitrogens with one attached hydrogen (secondary N) is 1. The summed E-state index contributed by atoms with van der Waals surface area (Å²) in [4.78, 5) is 17.3. The fourth-order valence-electron chi connectivity index (χ4n) is 1.81. The maximum atomic E-state index is 12.2. The first-order chi connectivity index (χ1) is 10.5. The van der Waals surface area contributed by atoms with Crippen molar-refractivity contribution in [3.05, 3.63) is 51.5 Å². The first-order valence-electron chi connectivity index (χ1n) is 6.63. The van der Waals surface area contributed by atoms with E-state index in [4.69, 9.17) is 5.26 Å². The minimum absolute atomic E-state index is 0.0128. The smallest absolute Gasteiger partial charge is 0.262 e. The standard InChI is InChI=1S/C16H15N3O2S/c1-10(15-9-18-11(2)22-15)19-16(21)13(8-17)7-12-3-5-14(20)6-4-12/h3-7,9-10,20H,1-2H3,(H,19,21)/b13-7+. The molecule has 0 saturated heterocycles. The summed E-state index contributed by atoms with van der Waals surface area (Å²) < 4.78 is 0. The van der Waals surface area contributed by atoms with Crippen molar-refractivity contribution < 1.29 is 9.90 Å². The minimum Gasteiger partial charge on any atom is -0.508 e. The van der Waals surface area contributed by atoms with Crippen LogP contribution in [0, 0.1) is 18.3 Å². The van der Waals surface area contributed by atoms with E-state index in [1.54, 1.807) is 18.3 Å². The summed E-state index contributed by atoms with van der Waals surface area (Å²) in [6, 6.07) is 7.96. The molecular formula is C16H15N3O2S. The second-order valence-corrected chi connectivity index (χ2v) is 6.00. The van der Waals surface area contributed by atoms with Gasteiger partial charge in [0.05, 0.1) is 11.0 Å². The Morgan fingerprint density at radius 3 is 2.68 bits per heavy atom. The molecule has 5 nitrogen and oxygen atoms in total. The minimum atomic E-state index is -0.436. The van der Waals surface area contributed by atoms with E-state index in [9.17, 15) is 9.90 Å². The molecule has 0 bridgehead atoms. The number of nitrogens with zero attached hydrogens (tertiary/aromatic N) is 2. The molecule has 1 amide bonds. The molecule has 1 aromatic carbocycles. The highest BCUT2D eigenvalue weighted by Gasteiger charge is 2.15. The van der Waals surface area contributed by atoms with E-state index in [1.807, 2.05) is 19.9 Å². The van der Waals surface area contributed by atoms with Gasteiger partial charge in [0.2, 0.25) is 0 Å². The lowest BCUT2D eigenvalue weighted by Crippen LogP contribution is -2.27. The first kappa shape index (κ1) is 15.7. The van der Waals surface area contributed by atoms with Crippen molar-refractivity contribution in [2.45, 2.75) is 19.9 Å². The molecule has 1 atom stereocenters. The Labute approximate surface area is 132 Å². The van der Waals surface area contributed by atoms with Crippen LogP contribution in [0.2, 0.25) is 0 Å². The van der Waals surface area contributed by atoms with Gasteiger partial charge in [-0.15, -0.1) is 11.3 Å². The largest absolute Gasteiger partial charge is 0.508 e. The SMILES string of the molecule is Cc1ncc(C(C)NC(=O)/C(C#N)=C/c2ccc(O)cc2)s1. The highest BCUT2D eigenvalue weighted by Crippen LogP contribution is 2.20. The van der Waals surface area contributed by atoms with E-state index in [1.165, 1.54) is 29.5 Å². The third-order valence-corrected chi connectivity index (χ3v) is 4.08. The number of aromatic hydroxyl groups is 1. The molecular weight excluding hydrogens is 298 g/mol. The topological polar surface area (TPSA) is 86.0 Å². The number of aryl methyl sites for hydroxylation is 1. The van der Waals surface area contributed by atoms with Gasteiger partial charge >= 0.3 is 0 Å². The summed E-state index contributed by atoms with van der Waals surface area (Å²) in [6.45, 7) is 3.74. The van der Waals surface area contributed by atoms with Crippen molar-refractivity contribution in [1.29, 1.82) is 5.26 Å². The maximum absolute atomic E-state index is 12.2. The van der Waals surface area contributed by atoms with E-state index >= 15 is 0 Å². The number of phenolic OH excluding ortho intramolecular Hbond substituents is 1. The molecule has 1 heterocycles. The predicted octanol–water partition coefficient (Wildman–Crippen LogP) is 2.94. The van der Waals surface area contributed by atoms with Crippen LogP contribution in [-0.4, -0.2) is 16.0 Å². The van der Waals surface area contributed by atoms with Crippen molar-refractivity contribution in [1.82, 2.24) is 10.3 Å². The third kappa shape index (κ3) is 3.93. The molecule has 2 aromatic rings. The highest BCUT2D eigenvalue weighted by molar-refractivity contribution is 7.11. The van der Waals surface area contributed by atoms with Crippen molar-refractivity contribution in [2.24, 2.45) is 0 Å². The number of aromatic nitrogens is 1. The predicted molar refractivity (Wildman–Crippen MR) is 85.1 cm³/mol. The van der Waals surface area contributed by atoms with E-state index in [2.05, 4.69) is 10.3 Å². The van der Waals surface area contributed by atoms with Crippen LogP contribution in [0.25, 0.3) is 6.08 Å². The average molecular weight is 313 g/mol.